The van der Waals surface area contributed by atoms with Crippen LogP contribution in [0.15, 0.2) is 54.6 Å². The SMILES string of the molecule is O=C1c2ccccc2C1OCc1ccccc1. The van der Waals surface area contributed by atoms with E-state index in [1.54, 1.807) is 0 Å². The second-order valence-corrected chi connectivity index (χ2v) is 4.13. The van der Waals surface area contributed by atoms with Gasteiger partial charge in [0.25, 0.3) is 0 Å². The van der Waals surface area contributed by atoms with Crippen LogP contribution in [0.5, 0.6) is 0 Å². The molecule has 0 amide bonds. The van der Waals surface area contributed by atoms with E-state index in [-0.39, 0.29) is 11.9 Å². The molecular formula is C15H12O2. The molecule has 84 valence electrons. The molecule has 2 aromatic rings. The van der Waals surface area contributed by atoms with Gasteiger partial charge in [0.05, 0.1) is 6.61 Å². The van der Waals surface area contributed by atoms with Crippen molar-refractivity contribution in [1.82, 2.24) is 0 Å². The number of rotatable bonds is 3. The summed E-state index contributed by atoms with van der Waals surface area (Å²) >= 11 is 0. The van der Waals surface area contributed by atoms with E-state index < -0.39 is 0 Å². The monoisotopic (exact) mass is 224 g/mol. The predicted octanol–water partition coefficient (Wildman–Crippen LogP) is 3.14. The van der Waals surface area contributed by atoms with Crippen molar-refractivity contribution >= 4 is 5.78 Å². The number of carbonyl (C=O) groups excluding carboxylic acids is 1. The molecule has 0 saturated heterocycles. The van der Waals surface area contributed by atoms with Crippen LogP contribution in [0.25, 0.3) is 0 Å². The van der Waals surface area contributed by atoms with Crippen LogP contribution in [0, 0.1) is 0 Å². The van der Waals surface area contributed by atoms with Gasteiger partial charge in [-0.25, -0.2) is 0 Å². The molecule has 2 heteroatoms. The minimum absolute atomic E-state index is 0.0940. The first-order valence-electron chi connectivity index (χ1n) is 5.65. The van der Waals surface area contributed by atoms with Crippen molar-refractivity contribution in [3.63, 3.8) is 0 Å². The van der Waals surface area contributed by atoms with Gasteiger partial charge in [0.2, 0.25) is 0 Å². The smallest absolute Gasteiger partial charge is 0.196 e. The van der Waals surface area contributed by atoms with Crippen LogP contribution in [0.3, 0.4) is 0 Å². The summed E-state index contributed by atoms with van der Waals surface area (Å²) in [6.07, 6.45) is -0.369. The number of carbonyl (C=O) groups is 1. The van der Waals surface area contributed by atoms with Crippen LogP contribution in [-0.4, -0.2) is 5.78 Å². The molecule has 0 fully saturated rings. The fourth-order valence-corrected chi connectivity index (χ4v) is 2.07. The molecular weight excluding hydrogens is 212 g/mol. The lowest BCUT2D eigenvalue weighted by Crippen LogP contribution is -2.28. The maximum absolute atomic E-state index is 11.7. The van der Waals surface area contributed by atoms with E-state index in [0.717, 1.165) is 16.7 Å². The highest BCUT2D eigenvalue weighted by Gasteiger charge is 2.36. The lowest BCUT2D eigenvalue weighted by molar-refractivity contribution is 0.0238. The molecule has 0 radical (unpaired) electrons. The lowest BCUT2D eigenvalue weighted by Gasteiger charge is -2.28. The van der Waals surface area contributed by atoms with Crippen LogP contribution in [0.2, 0.25) is 0 Å². The Morgan fingerprint density at radius 1 is 0.941 bits per heavy atom. The van der Waals surface area contributed by atoms with Crippen LogP contribution >= 0.6 is 0 Å². The van der Waals surface area contributed by atoms with Crippen LogP contribution in [-0.2, 0) is 11.3 Å². The minimum atomic E-state index is -0.369. The van der Waals surface area contributed by atoms with Gasteiger partial charge in [-0.2, -0.15) is 0 Å². The molecule has 1 aliphatic carbocycles. The average Bonchev–Trinajstić information content (AvgIpc) is 2.40. The van der Waals surface area contributed by atoms with Crippen molar-refractivity contribution < 1.29 is 9.53 Å². The van der Waals surface area contributed by atoms with Gasteiger partial charge in [0.1, 0.15) is 6.10 Å². The maximum atomic E-state index is 11.7. The third-order valence-corrected chi connectivity index (χ3v) is 3.01. The number of ether oxygens (including phenoxy) is 1. The molecule has 0 aliphatic heterocycles. The third kappa shape index (κ3) is 1.77. The number of ketones is 1. The summed E-state index contributed by atoms with van der Waals surface area (Å²) in [5, 5.41) is 0. The van der Waals surface area contributed by atoms with Crippen LogP contribution in [0.1, 0.15) is 27.6 Å². The molecule has 0 bridgehead atoms. The number of hydrogen-bond donors (Lipinski definition) is 0. The van der Waals surface area contributed by atoms with E-state index in [1.807, 2.05) is 54.6 Å². The number of fused-ring (bicyclic) bond motifs is 1. The van der Waals surface area contributed by atoms with E-state index in [4.69, 9.17) is 4.74 Å². The molecule has 2 aromatic carbocycles. The lowest BCUT2D eigenvalue weighted by atomic mass is 9.84. The van der Waals surface area contributed by atoms with Gasteiger partial charge in [-0.3, -0.25) is 4.79 Å². The van der Waals surface area contributed by atoms with Crippen molar-refractivity contribution in [2.75, 3.05) is 0 Å². The molecule has 0 heterocycles. The fraction of sp³-hybridized carbons (Fsp3) is 0.133. The Morgan fingerprint density at radius 2 is 1.65 bits per heavy atom. The summed E-state index contributed by atoms with van der Waals surface area (Å²) in [6.45, 7) is 0.478. The summed E-state index contributed by atoms with van der Waals surface area (Å²) in [5.74, 6) is 0.0940. The Balaban J connectivity index is 1.71. The molecule has 1 unspecified atom stereocenters. The van der Waals surface area contributed by atoms with Gasteiger partial charge in [-0.05, 0) is 11.1 Å². The Bertz CT molecular complexity index is 546. The molecule has 1 aliphatic rings. The first kappa shape index (κ1) is 10.2. The maximum Gasteiger partial charge on any atom is 0.196 e. The molecule has 1 atom stereocenters. The zero-order valence-corrected chi connectivity index (χ0v) is 9.30. The molecule has 0 spiro atoms. The topological polar surface area (TPSA) is 26.3 Å². The fourth-order valence-electron chi connectivity index (χ4n) is 2.07. The van der Waals surface area contributed by atoms with Crippen molar-refractivity contribution in [2.45, 2.75) is 12.7 Å². The van der Waals surface area contributed by atoms with Crippen molar-refractivity contribution in [1.29, 1.82) is 0 Å². The van der Waals surface area contributed by atoms with E-state index in [9.17, 15) is 4.79 Å². The first-order valence-corrected chi connectivity index (χ1v) is 5.65. The number of Topliss-reactive ketones (excluding diaryl/α,β-unsaturated/α-hetero) is 1. The summed E-state index contributed by atoms with van der Waals surface area (Å²) in [4.78, 5) is 11.7. The standard InChI is InChI=1S/C15H12O2/c16-14-12-8-4-5-9-13(12)15(14)17-10-11-6-2-1-3-7-11/h1-9,15H,10H2. The van der Waals surface area contributed by atoms with E-state index in [2.05, 4.69) is 0 Å². The van der Waals surface area contributed by atoms with Gasteiger partial charge in [-0.15, -0.1) is 0 Å². The van der Waals surface area contributed by atoms with Crippen LogP contribution in [0.4, 0.5) is 0 Å². The Hall–Kier alpha value is -1.93. The van der Waals surface area contributed by atoms with E-state index in [1.165, 1.54) is 0 Å². The van der Waals surface area contributed by atoms with Gasteiger partial charge < -0.3 is 4.74 Å². The first-order chi connectivity index (χ1) is 8.36. The quantitative estimate of drug-likeness (QED) is 0.800. The highest BCUT2D eigenvalue weighted by Crippen LogP contribution is 2.36. The minimum Gasteiger partial charge on any atom is -0.361 e. The Labute approximate surface area is 99.9 Å². The second kappa shape index (κ2) is 4.15. The number of benzene rings is 2. The van der Waals surface area contributed by atoms with Gasteiger partial charge in [-0.1, -0.05) is 54.6 Å². The summed E-state index contributed by atoms with van der Waals surface area (Å²) in [5.41, 5.74) is 2.89. The zero-order chi connectivity index (χ0) is 11.7. The van der Waals surface area contributed by atoms with Crippen molar-refractivity contribution in [2.24, 2.45) is 0 Å². The molecule has 0 N–H and O–H groups in total. The van der Waals surface area contributed by atoms with Crippen molar-refractivity contribution in [3.8, 4) is 0 Å². The zero-order valence-electron chi connectivity index (χ0n) is 9.30. The van der Waals surface area contributed by atoms with Crippen LogP contribution < -0.4 is 0 Å². The van der Waals surface area contributed by atoms with E-state index >= 15 is 0 Å². The predicted molar refractivity (Wildman–Crippen MR) is 64.7 cm³/mol. The molecule has 17 heavy (non-hydrogen) atoms. The molecule has 3 rings (SSSR count). The highest BCUT2D eigenvalue weighted by molar-refractivity contribution is 6.09. The molecule has 0 aromatic heterocycles. The van der Waals surface area contributed by atoms with Gasteiger partial charge >= 0.3 is 0 Å². The largest absolute Gasteiger partial charge is 0.361 e. The van der Waals surface area contributed by atoms with Gasteiger partial charge in [0.15, 0.2) is 5.78 Å². The van der Waals surface area contributed by atoms with Gasteiger partial charge in [0, 0.05) is 5.56 Å². The second-order valence-electron chi connectivity index (χ2n) is 4.13. The third-order valence-electron chi connectivity index (χ3n) is 3.01. The summed E-state index contributed by atoms with van der Waals surface area (Å²) in [6, 6.07) is 17.5. The highest BCUT2D eigenvalue weighted by atomic mass is 16.5. The summed E-state index contributed by atoms with van der Waals surface area (Å²) in [7, 11) is 0. The molecule has 0 saturated carbocycles. The number of hydrogen-bond acceptors (Lipinski definition) is 2. The Morgan fingerprint density at radius 3 is 2.47 bits per heavy atom. The normalized spacial score (nSPS) is 17.4. The Kier molecular flexibility index (Phi) is 2.50. The average molecular weight is 224 g/mol. The summed E-state index contributed by atoms with van der Waals surface area (Å²) < 4.78 is 5.65. The van der Waals surface area contributed by atoms with E-state index in [0.29, 0.717) is 6.61 Å². The molecule has 2 nitrogen and oxygen atoms in total. The van der Waals surface area contributed by atoms with Crippen molar-refractivity contribution in [3.05, 3.63) is 71.3 Å².